The van der Waals surface area contributed by atoms with Gasteiger partial charge in [0.25, 0.3) is 11.8 Å². The second-order valence-electron chi connectivity index (χ2n) is 28.4. The molecule has 1 spiro atoms. The predicted octanol–water partition coefficient (Wildman–Crippen LogP) is 5.12. The van der Waals surface area contributed by atoms with E-state index in [1.165, 1.54) is 17.1 Å². The number of Topliss-reactive ketones (excluding diaryl/α,β-unsaturated/α-hetero) is 1. The molecule has 92 heavy (non-hydrogen) atoms. The van der Waals surface area contributed by atoms with Gasteiger partial charge in [-0.25, -0.2) is 0 Å². The molecule has 23 nitrogen and oxygen atoms in total. The number of ketones is 1. The van der Waals surface area contributed by atoms with E-state index in [1.54, 1.807) is 21.0 Å². The molecule has 0 aromatic carbocycles. The number of carbonyl (C=O) groups excluding carboxylic acids is 7. The number of amides is 6. The Bertz CT molecular complexity index is 2640. The van der Waals surface area contributed by atoms with Gasteiger partial charge in [-0.1, -0.05) is 54.2 Å². The molecule has 11 heterocycles. The summed E-state index contributed by atoms with van der Waals surface area (Å²) < 4.78 is 61.0. The first-order valence-electron chi connectivity index (χ1n) is 35.0. The van der Waals surface area contributed by atoms with Gasteiger partial charge < -0.3 is 73.9 Å². The average molecular weight is 1290 g/mol. The molecule has 11 aliphatic heterocycles. The van der Waals surface area contributed by atoms with E-state index >= 15 is 0 Å². The largest absolute Gasteiger partial charge is 0.391 e. The van der Waals surface area contributed by atoms with E-state index in [1.807, 2.05) is 0 Å². The van der Waals surface area contributed by atoms with Crippen LogP contribution >= 0.6 is 0 Å². The minimum Gasteiger partial charge on any atom is -0.391 e. The van der Waals surface area contributed by atoms with Crippen molar-refractivity contribution in [2.45, 2.75) is 291 Å². The Kier molecular flexibility index (Phi) is 24.5. The third-order valence-electron chi connectivity index (χ3n) is 21.0. The quantitative estimate of drug-likeness (QED) is 0.0406. The van der Waals surface area contributed by atoms with Crippen molar-refractivity contribution in [2.75, 3.05) is 46.4 Å². The molecule has 2 unspecified atom stereocenters. The maximum atomic E-state index is 14.6. The number of fused-ring (bicyclic) bond motifs is 6. The van der Waals surface area contributed by atoms with Crippen molar-refractivity contribution in [3.63, 3.8) is 0 Å². The summed E-state index contributed by atoms with van der Waals surface area (Å²) in [5, 5.41) is 22.9. The number of aliphatic hydroxyl groups is 1. The van der Waals surface area contributed by atoms with E-state index in [0.29, 0.717) is 57.8 Å². The molecule has 514 valence electrons. The summed E-state index contributed by atoms with van der Waals surface area (Å²) in [5.74, 6) is -4.13. The Balaban J connectivity index is 0.757. The van der Waals surface area contributed by atoms with Gasteiger partial charge in [0.2, 0.25) is 23.6 Å². The van der Waals surface area contributed by atoms with Gasteiger partial charge in [-0.15, -0.1) is 0 Å². The smallest absolute Gasteiger partial charge is 0.253 e. The lowest BCUT2D eigenvalue weighted by Gasteiger charge is -2.47. The number of nitrogens with zero attached hydrogens (tertiary/aromatic N) is 2. The Morgan fingerprint density at radius 3 is 2.18 bits per heavy atom. The number of methoxy groups -OCH3 is 1. The van der Waals surface area contributed by atoms with Crippen LogP contribution in [0.25, 0.3) is 0 Å². The first kappa shape index (κ1) is 70.3. The number of nitrogens with one attached hydrogen (secondary N) is 4. The Labute approximate surface area is 543 Å². The van der Waals surface area contributed by atoms with E-state index in [2.05, 4.69) is 60.1 Å². The molecule has 11 aliphatic rings. The summed E-state index contributed by atoms with van der Waals surface area (Å²) in [6.45, 7) is 21.4. The molecule has 0 aromatic rings. The third-order valence-corrected chi connectivity index (χ3v) is 21.0. The number of imide groups is 1. The topological polar surface area (TPSA) is 277 Å². The molecule has 0 saturated carbocycles. The van der Waals surface area contributed by atoms with Crippen LogP contribution in [0.4, 0.5) is 0 Å². The molecule has 23 heteroatoms. The number of hydrogen-bond donors (Lipinski definition) is 5. The summed E-state index contributed by atoms with van der Waals surface area (Å²) in [5.41, 5.74) is 2.05. The minimum atomic E-state index is -1.11. The van der Waals surface area contributed by atoms with Crippen molar-refractivity contribution in [3.8, 4) is 0 Å². The Morgan fingerprint density at radius 2 is 1.43 bits per heavy atom. The SMILES string of the molecule is C=C1C[C@@H]2CC[C@@]34CC5O[C@H]6[C@@H](O3)[C@H]3O[C@H](CC[C@@H]3O[C@H]6[C@H]5O4)CC(=O)C[C@@H]3[C@@H](OC)[C@@H](C[C@H](O)CNC(=O)CNC(=O)[C@H](CCCCN(CCC)CCC)NC(=O)[C@@H](NC(=O)CCCCCN4C(=O)C=CC4=O)C(C)C)O[C@H]3C[C@H]3O[C@@H](CCC1O2)C[C@@H](C)C3=C. The lowest BCUT2D eigenvalue weighted by Crippen LogP contribution is -2.61. The molecule has 11 rings (SSSR count). The fourth-order valence-electron chi connectivity index (χ4n) is 16.2. The van der Waals surface area contributed by atoms with Crippen molar-refractivity contribution in [1.29, 1.82) is 0 Å². The van der Waals surface area contributed by atoms with Gasteiger partial charge >= 0.3 is 0 Å². The van der Waals surface area contributed by atoms with E-state index < -0.39 is 84.7 Å². The summed E-state index contributed by atoms with van der Waals surface area (Å²) in [7, 11) is 1.59. The molecular formula is C69H106N6O17. The highest BCUT2D eigenvalue weighted by Crippen LogP contribution is 2.54. The molecule has 21 atom stereocenters. The number of aliphatic hydroxyl groups excluding tert-OH is 1. The van der Waals surface area contributed by atoms with Crippen LogP contribution in [0.3, 0.4) is 0 Å². The second-order valence-corrected chi connectivity index (χ2v) is 28.4. The number of rotatable bonds is 27. The van der Waals surface area contributed by atoms with Crippen molar-refractivity contribution in [2.24, 2.45) is 17.8 Å². The summed E-state index contributed by atoms with van der Waals surface area (Å²) in [6, 6.07) is -1.96. The first-order valence-corrected chi connectivity index (χ1v) is 35.0. The van der Waals surface area contributed by atoms with Gasteiger partial charge in [0.05, 0.1) is 73.7 Å². The van der Waals surface area contributed by atoms with Crippen LogP contribution in [0, 0.1) is 17.8 Å². The van der Waals surface area contributed by atoms with Crippen molar-refractivity contribution < 1.29 is 81.3 Å². The average Bonchev–Trinajstić information content (AvgIpc) is 1.55. The molecule has 10 fully saturated rings. The van der Waals surface area contributed by atoms with Crippen LogP contribution in [0.2, 0.25) is 0 Å². The predicted molar refractivity (Wildman–Crippen MR) is 337 cm³/mol. The van der Waals surface area contributed by atoms with Gasteiger partial charge in [-0.05, 0) is 133 Å². The summed E-state index contributed by atoms with van der Waals surface area (Å²) in [6.07, 6.45) is 9.23. The van der Waals surface area contributed by atoms with E-state index in [0.717, 1.165) is 82.1 Å². The monoisotopic (exact) mass is 1290 g/mol. The lowest BCUT2D eigenvalue weighted by molar-refractivity contribution is -0.292. The molecule has 6 amide bonds. The van der Waals surface area contributed by atoms with E-state index in [-0.39, 0.29) is 142 Å². The summed E-state index contributed by atoms with van der Waals surface area (Å²) in [4.78, 5) is 96.7. The van der Waals surface area contributed by atoms with Gasteiger partial charge in [-0.3, -0.25) is 38.5 Å². The number of unbranched alkanes of at least 4 members (excludes halogenated alkanes) is 3. The van der Waals surface area contributed by atoms with E-state index in [9.17, 15) is 38.7 Å². The first-order chi connectivity index (χ1) is 44.2. The molecule has 5 N–H and O–H groups in total. The van der Waals surface area contributed by atoms with Crippen LogP contribution in [0.5, 0.6) is 0 Å². The Morgan fingerprint density at radius 1 is 0.717 bits per heavy atom. The fraction of sp³-hybridized carbons (Fsp3) is 0.812. The molecule has 10 saturated heterocycles. The number of carbonyl (C=O) groups is 7. The normalized spacial score (nSPS) is 36.1. The zero-order chi connectivity index (χ0) is 65.4. The standard InChI is InChI=1S/C69H106N6O17/c1-9-26-74(27-10-2)28-15-13-16-49(72-68(83)60(39(3)4)73-56(78)17-12-11-14-29-75-58(80)22-23-59(75)81)67(82)71-38-57(79)70-37-44(77)34-54-61(84-8)48-33-43(76)32-46-19-21-51-62(87-46)66-65-64(89-51)63-55(90-65)36-69(91-63,92-66)25-24-47-31-41(6)50(85-47)20-18-45-30-40(5)42(7)52(86-45)35-53(48)88-54/h22-23,39-40,44-55,60-66,77H,6-7,9-21,24-38H2,1-5,8H3,(H,70,79)(H,71,82)(H,72,83)(H,73,78)/t40-,44+,45+,46-,47+,48+,49+,50?,51+,52-,53+,54-,55?,60+,61-,62+,63+,64+,65-,66+,69+/m1/s1. The van der Waals surface area contributed by atoms with Crippen LogP contribution in [-0.2, 0) is 76.2 Å². The molecule has 12 bridgehead atoms. The van der Waals surface area contributed by atoms with Gasteiger partial charge in [0, 0.05) is 83.2 Å². The van der Waals surface area contributed by atoms with Gasteiger partial charge in [0.1, 0.15) is 48.4 Å². The molecular weight excluding hydrogens is 1180 g/mol. The van der Waals surface area contributed by atoms with Gasteiger partial charge in [-0.2, -0.15) is 0 Å². The zero-order valence-corrected chi connectivity index (χ0v) is 55.4. The highest BCUT2D eigenvalue weighted by molar-refractivity contribution is 6.12. The number of hydrogen-bond acceptors (Lipinski definition) is 18. The number of ether oxygens (including phenoxy) is 9. The summed E-state index contributed by atoms with van der Waals surface area (Å²) >= 11 is 0. The maximum absolute atomic E-state index is 14.6. The van der Waals surface area contributed by atoms with Crippen LogP contribution < -0.4 is 21.3 Å². The highest BCUT2D eigenvalue weighted by Gasteiger charge is 2.69. The molecule has 0 aliphatic carbocycles. The molecule has 0 aromatic heterocycles. The minimum absolute atomic E-state index is 0.00185. The zero-order valence-electron chi connectivity index (χ0n) is 55.4. The molecule has 0 radical (unpaired) electrons. The lowest BCUT2D eigenvalue weighted by atomic mass is 9.81. The van der Waals surface area contributed by atoms with Crippen LogP contribution in [-0.4, -0.2) is 218 Å². The Hall–Kier alpha value is -4.53. The maximum Gasteiger partial charge on any atom is 0.253 e. The highest BCUT2D eigenvalue weighted by atomic mass is 16.8. The van der Waals surface area contributed by atoms with E-state index in [4.69, 9.17) is 42.6 Å². The fourth-order valence-corrected chi connectivity index (χ4v) is 16.2. The van der Waals surface area contributed by atoms with Crippen LogP contribution in [0.15, 0.2) is 36.5 Å². The van der Waals surface area contributed by atoms with Gasteiger partial charge in [0.15, 0.2) is 5.79 Å². The van der Waals surface area contributed by atoms with Crippen molar-refractivity contribution in [3.05, 3.63) is 36.5 Å². The van der Waals surface area contributed by atoms with Crippen molar-refractivity contribution in [1.82, 2.24) is 31.1 Å². The van der Waals surface area contributed by atoms with Crippen molar-refractivity contribution >= 4 is 41.2 Å². The third kappa shape index (κ3) is 17.2. The second kappa shape index (κ2) is 32.0. The van der Waals surface area contributed by atoms with Crippen LogP contribution in [0.1, 0.15) is 176 Å².